The Labute approximate surface area is 201 Å². The third-order valence-corrected chi connectivity index (χ3v) is 6.71. The highest BCUT2D eigenvalue weighted by Gasteiger charge is 2.20. The average molecular weight is 480 g/mol. The van der Waals surface area contributed by atoms with Gasteiger partial charge in [0, 0.05) is 12.3 Å². The number of para-hydroxylation sites is 1. The van der Waals surface area contributed by atoms with Crippen LogP contribution < -0.4 is 14.2 Å². The number of rotatable bonds is 8. The van der Waals surface area contributed by atoms with Gasteiger partial charge < -0.3 is 18.8 Å². The lowest BCUT2D eigenvalue weighted by Gasteiger charge is -2.13. The van der Waals surface area contributed by atoms with Crippen molar-refractivity contribution in [1.29, 1.82) is 0 Å². The molecule has 0 amide bonds. The van der Waals surface area contributed by atoms with E-state index < -0.39 is 0 Å². The molecular weight excluding hydrogens is 458 g/mol. The highest BCUT2D eigenvalue weighted by molar-refractivity contribution is 7.98. The van der Waals surface area contributed by atoms with Gasteiger partial charge in [-0.15, -0.1) is 10.2 Å². The van der Waals surface area contributed by atoms with Gasteiger partial charge in [-0.2, -0.15) is 0 Å². The molecule has 5 rings (SSSR count). The number of hydrogen-bond acceptors (Lipinski definition) is 6. The van der Waals surface area contributed by atoms with Crippen LogP contribution in [0.5, 0.6) is 17.2 Å². The number of hydrogen-bond donors (Lipinski definition) is 0. The molecular formula is C25H22ClN3O3S. The van der Waals surface area contributed by atoms with Gasteiger partial charge in [0.25, 0.3) is 0 Å². The summed E-state index contributed by atoms with van der Waals surface area (Å²) in [5.74, 6) is 3.51. The van der Waals surface area contributed by atoms with E-state index in [9.17, 15) is 0 Å². The number of methoxy groups -OCH3 is 1. The Kier molecular flexibility index (Phi) is 6.41. The largest absolute Gasteiger partial charge is 0.496 e. The minimum atomic E-state index is 0.196. The molecule has 33 heavy (non-hydrogen) atoms. The highest BCUT2D eigenvalue weighted by Crippen LogP contribution is 2.41. The van der Waals surface area contributed by atoms with Crippen molar-refractivity contribution in [1.82, 2.24) is 14.8 Å². The smallest absolute Gasteiger partial charge is 0.231 e. The van der Waals surface area contributed by atoms with Crippen molar-refractivity contribution >= 4 is 23.4 Å². The third-order valence-electron chi connectivity index (χ3n) is 5.39. The number of aromatic nitrogens is 3. The summed E-state index contributed by atoms with van der Waals surface area (Å²) in [6.45, 7) is 0.941. The molecule has 3 aromatic carbocycles. The summed E-state index contributed by atoms with van der Waals surface area (Å²) < 4.78 is 18.7. The third kappa shape index (κ3) is 4.65. The zero-order valence-electron chi connectivity index (χ0n) is 18.0. The van der Waals surface area contributed by atoms with E-state index in [2.05, 4.69) is 39.0 Å². The maximum atomic E-state index is 6.36. The van der Waals surface area contributed by atoms with Gasteiger partial charge in [0.1, 0.15) is 5.75 Å². The van der Waals surface area contributed by atoms with Gasteiger partial charge in [-0.05, 0) is 41.8 Å². The molecule has 0 spiro atoms. The first-order valence-electron chi connectivity index (χ1n) is 10.5. The fourth-order valence-corrected chi connectivity index (χ4v) is 4.95. The van der Waals surface area contributed by atoms with E-state index in [0.29, 0.717) is 22.3 Å². The molecule has 0 saturated carbocycles. The molecule has 168 valence electrons. The van der Waals surface area contributed by atoms with Crippen molar-refractivity contribution in [2.75, 3.05) is 13.9 Å². The second-order valence-electron chi connectivity index (χ2n) is 7.49. The summed E-state index contributed by atoms with van der Waals surface area (Å²) in [5.41, 5.74) is 3.21. The fourth-order valence-electron chi connectivity index (χ4n) is 3.76. The molecule has 0 radical (unpaired) electrons. The van der Waals surface area contributed by atoms with Crippen LogP contribution in [0.3, 0.4) is 0 Å². The van der Waals surface area contributed by atoms with Crippen molar-refractivity contribution in [3.63, 3.8) is 0 Å². The first-order valence-corrected chi connectivity index (χ1v) is 11.9. The van der Waals surface area contributed by atoms with Crippen molar-refractivity contribution < 1.29 is 14.2 Å². The summed E-state index contributed by atoms with van der Waals surface area (Å²) in [7, 11) is 1.67. The van der Waals surface area contributed by atoms with E-state index in [1.54, 1.807) is 18.9 Å². The Balaban J connectivity index is 1.44. The lowest BCUT2D eigenvalue weighted by Crippen LogP contribution is -2.06. The van der Waals surface area contributed by atoms with Crippen LogP contribution in [0.15, 0.2) is 71.9 Å². The summed E-state index contributed by atoms with van der Waals surface area (Å²) in [4.78, 5) is 0. The number of fused-ring (bicyclic) bond motifs is 1. The minimum Gasteiger partial charge on any atom is -0.496 e. The summed E-state index contributed by atoms with van der Waals surface area (Å²) in [5, 5.41) is 10.4. The van der Waals surface area contributed by atoms with Crippen LogP contribution in [-0.4, -0.2) is 28.7 Å². The number of nitrogens with zero attached hydrogens (tertiary/aromatic N) is 3. The molecule has 4 aromatic rings. The fraction of sp³-hybridized carbons (Fsp3) is 0.200. The van der Waals surface area contributed by atoms with E-state index in [-0.39, 0.29) is 6.79 Å². The van der Waals surface area contributed by atoms with Gasteiger partial charge in [-0.1, -0.05) is 65.8 Å². The Morgan fingerprint density at radius 1 is 1.00 bits per heavy atom. The van der Waals surface area contributed by atoms with Gasteiger partial charge in [0.05, 0.1) is 17.7 Å². The number of thioether (sulfide) groups is 1. The quantitative estimate of drug-likeness (QED) is 0.294. The van der Waals surface area contributed by atoms with Gasteiger partial charge in [0.15, 0.2) is 22.5 Å². The molecule has 1 aliphatic heterocycles. The number of benzene rings is 3. The molecule has 0 saturated heterocycles. The van der Waals surface area contributed by atoms with Crippen molar-refractivity contribution in [3.05, 3.63) is 82.9 Å². The van der Waals surface area contributed by atoms with E-state index in [4.69, 9.17) is 25.8 Å². The molecule has 0 atom stereocenters. The summed E-state index contributed by atoms with van der Waals surface area (Å²) in [6.07, 6.45) is 0.866. The highest BCUT2D eigenvalue weighted by atomic mass is 35.5. The van der Waals surface area contributed by atoms with Gasteiger partial charge in [-0.25, -0.2) is 0 Å². The normalized spacial score (nSPS) is 12.2. The van der Waals surface area contributed by atoms with Crippen LogP contribution in [0.1, 0.15) is 11.1 Å². The van der Waals surface area contributed by atoms with Crippen molar-refractivity contribution in [3.8, 4) is 28.6 Å². The predicted molar refractivity (Wildman–Crippen MR) is 129 cm³/mol. The van der Waals surface area contributed by atoms with E-state index >= 15 is 0 Å². The molecule has 2 heterocycles. The molecule has 0 aliphatic carbocycles. The molecule has 0 N–H and O–H groups in total. The van der Waals surface area contributed by atoms with Crippen LogP contribution in [-0.2, 0) is 18.7 Å². The minimum absolute atomic E-state index is 0.196. The van der Waals surface area contributed by atoms with Crippen LogP contribution in [0, 0.1) is 0 Å². The van der Waals surface area contributed by atoms with E-state index in [1.165, 1.54) is 5.56 Å². The number of ether oxygens (including phenoxy) is 3. The van der Waals surface area contributed by atoms with Crippen molar-refractivity contribution in [2.24, 2.45) is 0 Å². The molecule has 0 unspecified atom stereocenters. The maximum absolute atomic E-state index is 6.36. The Morgan fingerprint density at radius 2 is 1.82 bits per heavy atom. The lowest BCUT2D eigenvalue weighted by atomic mass is 10.1. The predicted octanol–water partition coefficient (Wildman–Crippen LogP) is 5.87. The Morgan fingerprint density at radius 3 is 2.67 bits per heavy atom. The first-order chi connectivity index (χ1) is 16.2. The Bertz CT molecular complexity index is 1260. The van der Waals surface area contributed by atoms with Gasteiger partial charge >= 0.3 is 0 Å². The molecule has 6 nitrogen and oxygen atoms in total. The second-order valence-corrected chi connectivity index (χ2v) is 8.84. The van der Waals surface area contributed by atoms with Crippen molar-refractivity contribution in [2.45, 2.75) is 23.9 Å². The molecule has 8 heteroatoms. The van der Waals surface area contributed by atoms with Gasteiger partial charge in [0.2, 0.25) is 6.79 Å². The molecule has 0 fully saturated rings. The topological polar surface area (TPSA) is 58.4 Å². The number of aryl methyl sites for hydroxylation is 1. The molecule has 1 aromatic heterocycles. The summed E-state index contributed by atoms with van der Waals surface area (Å²) >= 11 is 7.97. The maximum Gasteiger partial charge on any atom is 0.231 e. The lowest BCUT2D eigenvalue weighted by molar-refractivity contribution is 0.174. The zero-order valence-corrected chi connectivity index (χ0v) is 19.6. The molecule has 0 bridgehead atoms. The monoisotopic (exact) mass is 479 g/mol. The second kappa shape index (κ2) is 9.77. The zero-order chi connectivity index (χ0) is 22.6. The van der Waals surface area contributed by atoms with Crippen LogP contribution in [0.2, 0.25) is 5.02 Å². The van der Waals surface area contributed by atoms with E-state index in [1.807, 2.05) is 42.5 Å². The average Bonchev–Trinajstić information content (AvgIpc) is 3.49. The Hall–Kier alpha value is -3.16. The SMILES string of the molecule is COc1ccccc1-c1nnc(SCc2cc(Cl)c3c(c2)OCO3)n1CCc1ccccc1. The molecule has 1 aliphatic rings. The standard InChI is InChI=1S/C25H22ClN3O3S/c1-30-21-10-6-5-9-19(21)24-27-28-25(29(24)12-11-17-7-3-2-4-8-17)33-15-18-13-20(26)23-22(14-18)31-16-32-23/h2-10,13-14H,11-12,15-16H2,1H3. The van der Waals surface area contributed by atoms with Crippen LogP contribution in [0.4, 0.5) is 0 Å². The van der Waals surface area contributed by atoms with Gasteiger partial charge in [-0.3, -0.25) is 0 Å². The van der Waals surface area contributed by atoms with E-state index in [0.717, 1.165) is 40.8 Å². The van der Waals surface area contributed by atoms with Crippen LogP contribution in [0.25, 0.3) is 11.4 Å². The first kappa shape index (κ1) is 21.7. The number of halogens is 1. The summed E-state index contributed by atoms with van der Waals surface area (Å²) in [6, 6.07) is 22.2. The van der Waals surface area contributed by atoms with Crippen LogP contribution >= 0.6 is 23.4 Å².